The average molecular weight is 402 g/mol. The van der Waals surface area contributed by atoms with E-state index in [-0.39, 0.29) is 5.91 Å². The van der Waals surface area contributed by atoms with Crippen LogP contribution < -0.4 is 4.90 Å². The lowest BCUT2D eigenvalue weighted by Gasteiger charge is -2.21. The highest BCUT2D eigenvalue weighted by atomic mass is 32.2. The molecule has 6 nitrogen and oxygen atoms in total. The van der Waals surface area contributed by atoms with Gasteiger partial charge in [0.1, 0.15) is 0 Å². The third-order valence-corrected chi connectivity index (χ3v) is 5.61. The van der Waals surface area contributed by atoms with E-state index in [2.05, 4.69) is 59.8 Å². The highest BCUT2D eigenvalue weighted by Crippen LogP contribution is 2.25. The molecule has 0 atom stereocenters. The molecule has 0 bridgehead atoms. The van der Waals surface area contributed by atoms with Gasteiger partial charge >= 0.3 is 0 Å². The highest BCUT2D eigenvalue weighted by molar-refractivity contribution is 7.99. The zero-order chi connectivity index (χ0) is 20.7. The highest BCUT2D eigenvalue weighted by Gasteiger charge is 2.16. The van der Waals surface area contributed by atoms with Crippen LogP contribution in [0.2, 0.25) is 0 Å². The van der Waals surface area contributed by atoms with Crippen LogP contribution in [-0.4, -0.2) is 57.5 Å². The molecule has 28 heavy (non-hydrogen) atoms. The van der Waals surface area contributed by atoms with Gasteiger partial charge in [0, 0.05) is 44.5 Å². The maximum atomic E-state index is 12.4. The van der Waals surface area contributed by atoms with E-state index in [0.717, 1.165) is 35.2 Å². The standard InChI is InChI=1S/C21H31N5OS/c1-7-25(8-2)18-12-10-17(11-13-18)20-22-23-21(24(20)6)28-15-19(27)26(9-3)14-16(4)5/h10-13H,4,7-9,14-15H2,1-3,5-6H3. The van der Waals surface area contributed by atoms with Crippen molar-refractivity contribution in [2.75, 3.05) is 36.8 Å². The van der Waals surface area contributed by atoms with Crippen LogP contribution in [0.4, 0.5) is 5.69 Å². The Morgan fingerprint density at radius 1 is 1.11 bits per heavy atom. The number of amides is 1. The van der Waals surface area contributed by atoms with E-state index in [1.165, 1.54) is 17.4 Å². The van der Waals surface area contributed by atoms with Crippen LogP contribution in [0.1, 0.15) is 27.7 Å². The second kappa shape index (κ2) is 10.3. The van der Waals surface area contributed by atoms with Crippen molar-refractivity contribution in [1.82, 2.24) is 19.7 Å². The summed E-state index contributed by atoms with van der Waals surface area (Å²) in [6.45, 7) is 15.3. The van der Waals surface area contributed by atoms with Crippen molar-refractivity contribution in [3.63, 3.8) is 0 Å². The second-order valence-electron chi connectivity index (χ2n) is 6.74. The molecule has 0 aliphatic rings. The van der Waals surface area contributed by atoms with Crippen LogP contribution in [0, 0.1) is 0 Å². The predicted molar refractivity (Wildman–Crippen MR) is 118 cm³/mol. The van der Waals surface area contributed by atoms with Gasteiger partial charge in [0.25, 0.3) is 0 Å². The minimum atomic E-state index is 0.0867. The van der Waals surface area contributed by atoms with Crippen LogP contribution in [-0.2, 0) is 11.8 Å². The van der Waals surface area contributed by atoms with E-state index in [4.69, 9.17) is 0 Å². The number of hydrogen-bond acceptors (Lipinski definition) is 5. The Morgan fingerprint density at radius 3 is 2.29 bits per heavy atom. The predicted octanol–water partition coefficient (Wildman–Crippen LogP) is 3.85. The first-order chi connectivity index (χ1) is 13.4. The number of nitrogens with zero attached hydrogens (tertiary/aromatic N) is 5. The molecule has 0 unspecified atom stereocenters. The van der Waals surface area contributed by atoms with Gasteiger partial charge in [0.15, 0.2) is 11.0 Å². The van der Waals surface area contributed by atoms with Crippen molar-refractivity contribution in [3.05, 3.63) is 36.4 Å². The Balaban J connectivity index is 2.07. The number of rotatable bonds is 10. The first kappa shape index (κ1) is 22.0. The molecule has 0 fully saturated rings. The summed E-state index contributed by atoms with van der Waals surface area (Å²) in [5.74, 6) is 1.23. The summed E-state index contributed by atoms with van der Waals surface area (Å²) < 4.78 is 1.94. The molecule has 0 spiro atoms. The summed E-state index contributed by atoms with van der Waals surface area (Å²) in [6.07, 6.45) is 0. The maximum Gasteiger partial charge on any atom is 0.233 e. The third-order valence-electron chi connectivity index (χ3n) is 4.61. The van der Waals surface area contributed by atoms with Gasteiger partial charge < -0.3 is 14.4 Å². The molecule has 7 heteroatoms. The van der Waals surface area contributed by atoms with Crippen molar-refractivity contribution in [3.8, 4) is 11.4 Å². The number of carbonyl (C=O) groups is 1. The van der Waals surface area contributed by atoms with Crippen molar-refractivity contribution >= 4 is 23.4 Å². The molecule has 2 rings (SSSR count). The number of carbonyl (C=O) groups excluding carboxylic acids is 1. The van der Waals surface area contributed by atoms with Crippen molar-refractivity contribution in [1.29, 1.82) is 0 Å². The SMILES string of the molecule is C=C(C)CN(CC)C(=O)CSc1nnc(-c2ccc(N(CC)CC)cc2)n1C. The topological polar surface area (TPSA) is 54.3 Å². The molecule has 1 aromatic carbocycles. The maximum absolute atomic E-state index is 12.4. The second-order valence-corrected chi connectivity index (χ2v) is 7.68. The van der Waals surface area contributed by atoms with Gasteiger partial charge in [-0.15, -0.1) is 10.2 Å². The molecule has 0 radical (unpaired) electrons. The smallest absolute Gasteiger partial charge is 0.233 e. The van der Waals surface area contributed by atoms with Gasteiger partial charge in [-0.3, -0.25) is 4.79 Å². The quantitative estimate of drug-likeness (QED) is 0.447. The molecular formula is C21H31N5OS. The molecular weight excluding hydrogens is 370 g/mol. The van der Waals surface area contributed by atoms with E-state index >= 15 is 0 Å². The van der Waals surface area contributed by atoms with Crippen molar-refractivity contribution in [2.24, 2.45) is 7.05 Å². The number of hydrogen-bond donors (Lipinski definition) is 0. The van der Waals surface area contributed by atoms with E-state index in [1.54, 1.807) is 4.90 Å². The molecule has 1 amide bonds. The lowest BCUT2D eigenvalue weighted by molar-refractivity contribution is -0.127. The number of anilines is 1. The molecule has 0 saturated heterocycles. The van der Waals surface area contributed by atoms with E-state index in [1.807, 2.05) is 25.5 Å². The van der Waals surface area contributed by atoms with Crippen LogP contribution in [0.25, 0.3) is 11.4 Å². The van der Waals surface area contributed by atoms with Gasteiger partial charge in [-0.2, -0.15) is 0 Å². The van der Waals surface area contributed by atoms with Crippen LogP contribution in [0.3, 0.4) is 0 Å². The fraction of sp³-hybridized carbons (Fsp3) is 0.476. The molecule has 0 saturated carbocycles. The minimum Gasteiger partial charge on any atom is -0.372 e. The largest absolute Gasteiger partial charge is 0.372 e. The monoisotopic (exact) mass is 401 g/mol. The summed E-state index contributed by atoms with van der Waals surface area (Å²) in [6, 6.07) is 8.38. The summed E-state index contributed by atoms with van der Waals surface area (Å²) in [7, 11) is 1.94. The molecule has 152 valence electrons. The van der Waals surface area contributed by atoms with E-state index in [0.29, 0.717) is 18.8 Å². The average Bonchev–Trinajstić information content (AvgIpc) is 3.06. The Labute approximate surface area is 172 Å². The zero-order valence-electron chi connectivity index (χ0n) is 17.6. The Bertz CT molecular complexity index is 796. The van der Waals surface area contributed by atoms with Crippen molar-refractivity contribution in [2.45, 2.75) is 32.9 Å². The Morgan fingerprint density at radius 2 is 1.75 bits per heavy atom. The number of benzene rings is 1. The molecule has 0 aliphatic carbocycles. The van der Waals surface area contributed by atoms with Gasteiger partial charge in [0.05, 0.1) is 5.75 Å². The summed E-state index contributed by atoms with van der Waals surface area (Å²) in [5.41, 5.74) is 3.20. The van der Waals surface area contributed by atoms with Gasteiger partial charge in [-0.1, -0.05) is 23.9 Å². The Kier molecular flexibility index (Phi) is 8.11. The normalized spacial score (nSPS) is 10.8. The number of aromatic nitrogens is 3. The van der Waals surface area contributed by atoms with Crippen LogP contribution >= 0.6 is 11.8 Å². The molecule has 0 aliphatic heterocycles. The fourth-order valence-electron chi connectivity index (χ4n) is 3.02. The van der Waals surface area contributed by atoms with Gasteiger partial charge in [-0.05, 0) is 52.0 Å². The molecule has 2 aromatic rings. The van der Waals surface area contributed by atoms with Crippen LogP contribution in [0.5, 0.6) is 0 Å². The molecule has 0 N–H and O–H groups in total. The first-order valence-corrected chi connectivity index (χ1v) is 10.7. The third kappa shape index (κ3) is 5.38. The number of likely N-dealkylation sites (N-methyl/N-ethyl adjacent to an activating group) is 1. The summed E-state index contributed by atoms with van der Waals surface area (Å²) in [4.78, 5) is 16.5. The zero-order valence-corrected chi connectivity index (χ0v) is 18.4. The minimum absolute atomic E-state index is 0.0867. The summed E-state index contributed by atoms with van der Waals surface area (Å²) >= 11 is 1.42. The summed E-state index contributed by atoms with van der Waals surface area (Å²) in [5, 5.41) is 9.35. The van der Waals surface area contributed by atoms with Crippen molar-refractivity contribution < 1.29 is 4.79 Å². The first-order valence-electron chi connectivity index (χ1n) is 9.70. The Hall–Kier alpha value is -2.28. The van der Waals surface area contributed by atoms with Gasteiger partial charge in [0.2, 0.25) is 5.91 Å². The van der Waals surface area contributed by atoms with E-state index in [9.17, 15) is 4.79 Å². The van der Waals surface area contributed by atoms with Gasteiger partial charge in [-0.25, -0.2) is 0 Å². The lowest BCUT2D eigenvalue weighted by Crippen LogP contribution is -2.33. The lowest BCUT2D eigenvalue weighted by atomic mass is 10.2. The molecule has 1 heterocycles. The van der Waals surface area contributed by atoms with Crippen LogP contribution in [0.15, 0.2) is 41.6 Å². The fourth-order valence-corrected chi connectivity index (χ4v) is 3.84. The van der Waals surface area contributed by atoms with E-state index < -0.39 is 0 Å². The number of thioether (sulfide) groups is 1. The molecule has 1 aromatic heterocycles.